The third-order valence-corrected chi connectivity index (χ3v) is 7.03. The van der Waals surface area contributed by atoms with Gasteiger partial charge >= 0.3 is 6.03 Å². The SMILES string of the molecule is NCCC(CCCc1ccncc1)NC(=O)NC12CC3CC(CC(C3)C1)C2. The molecule has 1 aromatic rings. The zero-order chi connectivity index (χ0) is 18.7. The van der Waals surface area contributed by atoms with E-state index in [1.165, 1.54) is 44.1 Å². The number of rotatable bonds is 8. The van der Waals surface area contributed by atoms with E-state index >= 15 is 0 Å². The van der Waals surface area contributed by atoms with Crippen molar-refractivity contribution >= 4 is 6.03 Å². The molecule has 0 aromatic carbocycles. The molecule has 4 aliphatic carbocycles. The summed E-state index contributed by atoms with van der Waals surface area (Å²) in [5.74, 6) is 2.53. The highest BCUT2D eigenvalue weighted by molar-refractivity contribution is 5.75. The van der Waals surface area contributed by atoms with Crippen LogP contribution < -0.4 is 16.4 Å². The van der Waals surface area contributed by atoms with Gasteiger partial charge in [0.1, 0.15) is 0 Å². The highest BCUT2D eigenvalue weighted by Crippen LogP contribution is 2.55. The molecule has 148 valence electrons. The Labute approximate surface area is 162 Å². The van der Waals surface area contributed by atoms with Crippen LogP contribution in [0.15, 0.2) is 24.5 Å². The van der Waals surface area contributed by atoms with Gasteiger partial charge in [0.25, 0.3) is 0 Å². The van der Waals surface area contributed by atoms with Crippen molar-refractivity contribution in [1.82, 2.24) is 15.6 Å². The highest BCUT2D eigenvalue weighted by atomic mass is 16.2. The Kier molecular flexibility index (Phi) is 5.67. The molecule has 0 saturated heterocycles. The van der Waals surface area contributed by atoms with E-state index in [9.17, 15) is 4.79 Å². The maximum absolute atomic E-state index is 12.8. The summed E-state index contributed by atoms with van der Waals surface area (Å²) in [6.07, 6.45) is 15.3. The summed E-state index contributed by atoms with van der Waals surface area (Å²) in [5.41, 5.74) is 7.17. The number of carbonyl (C=O) groups is 1. The summed E-state index contributed by atoms with van der Waals surface area (Å²) in [5, 5.41) is 6.66. The Morgan fingerprint density at radius 1 is 1.11 bits per heavy atom. The van der Waals surface area contributed by atoms with Crippen LogP contribution in [0.25, 0.3) is 0 Å². The standard InChI is InChI=1S/C22H34N4O/c23-7-4-20(3-1-2-16-5-8-24-9-6-16)25-21(27)26-22-13-17-10-18(14-22)12-19(11-17)15-22/h5-6,8-9,17-20H,1-4,7,10-15,23H2,(H2,25,26,27). The van der Waals surface area contributed by atoms with E-state index in [4.69, 9.17) is 5.73 Å². The molecule has 0 spiro atoms. The number of carbonyl (C=O) groups excluding carboxylic acids is 1. The molecule has 4 saturated carbocycles. The first-order chi connectivity index (χ1) is 13.1. The maximum Gasteiger partial charge on any atom is 0.315 e. The van der Waals surface area contributed by atoms with Crippen LogP contribution in [-0.4, -0.2) is 29.1 Å². The Balaban J connectivity index is 1.27. The number of hydrogen-bond donors (Lipinski definition) is 3. The van der Waals surface area contributed by atoms with Gasteiger partial charge in [-0.15, -0.1) is 0 Å². The third kappa shape index (κ3) is 4.63. The summed E-state index contributed by atoms with van der Waals surface area (Å²) < 4.78 is 0. The normalized spacial score (nSPS) is 32.3. The minimum absolute atomic E-state index is 0.0271. The largest absolute Gasteiger partial charge is 0.335 e. The molecule has 4 N–H and O–H groups in total. The molecule has 4 bridgehead atoms. The van der Waals surface area contributed by atoms with Crippen molar-refractivity contribution in [1.29, 1.82) is 0 Å². The van der Waals surface area contributed by atoms with Gasteiger partial charge in [0.2, 0.25) is 0 Å². The van der Waals surface area contributed by atoms with E-state index in [-0.39, 0.29) is 17.6 Å². The fraction of sp³-hybridized carbons (Fsp3) is 0.727. The zero-order valence-corrected chi connectivity index (χ0v) is 16.3. The predicted molar refractivity (Wildman–Crippen MR) is 107 cm³/mol. The number of urea groups is 1. The quantitative estimate of drug-likeness (QED) is 0.656. The van der Waals surface area contributed by atoms with Crippen LogP contribution in [0.1, 0.15) is 63.4 Å². The lowest BCUT2D eigenvalue weighted by Crippen LogP contribution is -2.62. The number of pyridine rings is 1. The fourth-order valence-electron chi connectivity index (χ4n) is 6.32. The number of nitrogens with zero attached hydrogens (tertiary/aromatic N) is 1. The second-order valence-corrected chi connectivity index (χ2v) is 9.32. The summed E-state index contributed by atoms with van der Waals surface area (Å²) in [4.78, 5) is 16.8. The van der Waals surface area contributed by atoms with Gasteiger partial charge in [-0.3, -0.25) is 4.98 Å². The molecular weight excluding hydrogens is 336 g/mol. The number of hydrogen-bond acceptors (Lipinski definition) is 3. The summed E-state index contributed by atoms with van der Waals surface area (Å²) >= 11 is 0. The van der Waals surface area contributed by atoms with Crippen LogP contribution in [0.2, 0.25) is 0 Å². The molecule has 1 aromatic heterocycles. The van der Waals surface area contributed by atoms with Gasteiger partial charge in [-0.25, -0.2) is 4.79 Å². The molecule has 0 radical (unpaired) electrons. The number of aryl methyl sites for hydroxylation is 1. The van der Waals surface area contributed by atoms with Gasteiger partial charge in [0, 0.05) is 24.0 Å². The third-order valence-electron chi connectivity index (χ3n) is 7.03. The molecule has 5 heteroatoms. The number of nitrogens with two attached hydrogens (primary N) is 1. The monoisotopic (exact) mass is 370 g/mol. The van der Waals surface area contributed by atoms with Gasteiger partial charge in [-0.2, -0.15) is 0 Å². The molecule has 5 nitrogen and oxygen atoms in total. The molecule has 1 unspecified atom stereocenters. The van der Waals surface area contributed by atoms with Gasteiger partial charge in [0.15, 0.2) is 0 Å². The highest BCUT2D eigenvalue weighted by Gasteiger charge is 2.51. The topological polar surface area (TPSA) is 80.0 Å². The fourth-order valence-corrected chi connectivity index (χ4v) is 6.32. The molecule has 5 rings (SSSR count). The first-order valence-electron chi connectivity index (χ1n) is 10.8. The van der Waals surface area contributed by atoms with E-state index in [2.05, 4.69) is 27.8 Å². The minimum atomic E-state index is 0.0271. The molecule has 27 heavy (non-hydrogen) atoms. The number of aromatic nitrogens is 1. The predicted octanol–water partition coefficient (Wildman–Crippen LogP) is 3.39. The Hall–Kier alpha value is -1.62. The van der Waals surface area contributed by atoms with Crippen LogP contribution in [0.4, 0.5) is 4.79 Å². The minimum Gasteiger partial charge on any atom is -0.335 e. The van der Waals surface area contributed by atoms with Gasteiger partial charge in [-0.05, 0) is 106 Å². The average molecular weight is 371 g/mol. The van der Waals surface area contributed by atoms with E-state index < -0.39 is 0 Å². The van der Waals surface area contributed by atoms with Gasteiger partial charge in [-0.1, -0.05) is 0 Å². The maximum atomic E-state index is 12.8. The number of nitrogens with one attached hydrogen (secondary N) is 2. The molecule has 1 heterocycles. The molecule has 2 amide bonds. The van der Waals surface area contributed by atoms with Crippen molar-refractivity contribution in [2.24, 2.45) is 23.5 Å². The molecular formula is C22H34N4O. The Bertz CT molecular complexity index is 597. The summed E-state index contributed by atoms with van der Waals surface area (Å²) in [6, 6.07) is 4.31. The van der Waals surface area contributed by atoms with Crippen LogP contribution >= 0.6 is 0 Å². The Morgan fingerprint density at radius 2 is 1.74 bits per heavy atom. The second-order valence-electron chi connectivity index (χ2n) is 9.32. The summed E-state index contributed by atoms with van der Waals surface area (Å²) in [7, 11) is 0. The van der Waals surface area contributed by atoms with Crippen LogP contribution in [0.5, 0.6) is 0 Å². The average Bonchev–Trinajstić information content (AvgIpc) is 2.61. The Morgan fingerprint density at radius 3 is 2.33 bits per heavy atom. The van der Waals surface area contributed by atoms with E-state index in [1.54, 1.807) is 0 Å². The lowest BCUT2D eigenvalue weighted by molar-refractivity contribution is -0.0136. The molecule has 4 aliphatic rings. The van der Waals surface area contributed by atoms with Crippen molar-refractivity contribution in [3.63, 3.8) is 0 Å². The van der Waals surface area contributed by atoms with E-state index in [0.717, 1.165) is 43.4 Å². The first-order valence-corrected chi connectivity index (χ1v) is 10.8. The van der Waals surface area contributed by atoms with Crippen molar-refractivity contribution in [3.8, 4) is 0 Å². The van der Waals surface area contributed by atoms with E-state index in [0.29, 0.717) is 6.54 Å². The van der Waals surface area contributed by atoms with Crippen molar-refractivity contribution in [2.45, 2.75) is 75.8 Å². The molecule has 4 fully saturated rings. The van der Waals surface area contributed by atoms with Gasteiger partial charge in [0.05, 0.1) is 0 Å². The van der Waals surface area contributed by atoms with Crippen LogP contribution in [0, 0.1) is 17.8 Å². The summed E-state index contributed by atoms with van der Waals surface area (Å²) in [6.45, 7) is 0.609. The van der Waals surface area contributed by atoms with Crippen molar-refractivity contribution in [3.05, 3.63) is 30.1 Å². The first kappa shape index (κ1) is 18.7. The van der Waals surface area contributed by atoms with Crippen LogP contribution in [-0.2, 0) is 6.42 Å². The second kappa shape index (κ2) is 8.17. The zero-order valence-electron chi connectivity index (χ0n) is 16.3. The van der Waals surface area contributed by atoms with E-state index in [1.807, 2.05) is 12.4 Å². The van der Waals surface area contributed by atoms with Crippen LogP contribution in [0.3, 0.4) is 0 Å². The molecule has 1 atom stereocenters. The smallest absolute Gasteiger partial charge is 0.315 e. The van der Waals surface area contributed by atoms with Crippen molar-refractivity contribution in [2.75, 3.05) is 6.54 Å². The lowest BCUT2D eigenvalue weighted by atomic mass is 9.53. The molecule has 0 aliphatic heterocycles. The lowest BCUT2D eigenvalue weighted by Gasteiger charge is -2.56. The van der Waals surface area contributed by atoms with Crippen molar-refractivity contribution < 1.29 is 4.79 Å². The number of amides is 2. The van der Waals surface area contributed by atoms with Gasteiger partial charge < -0.3 is 16.4 Å².